The van der Waals surface area contributed by atoms with Gasteiger partial charge in [-0.15, -0.1) is 0 Å². The van der Waals surface area contributed by atoms with E-state index in [0.717, 1.165) is 17.5 Å². The molecule has 2 aromatic carbocycles. The van der Waals surface area contributed by atoms with Gasteiger partial charge in [-0.1, -0.05) is 67.6 Å². The molecule has 150 valence electrons. The zero-order chi connectivity index (χ0) is 20.4. The normalized spacial score (nSPS) is 14.0. The summed E-state index contributed by atoms with van der Waals surface area (Å²) in [5.41, 5.74) is 13.8. The molecule has 0 heterocycles. The summed E-state index contributed by atoms with van der Waals surface area (Å²) in [5, 5.41) is 2.96. The average molecular weight is 383 g/mol. The smallest absolute Gasteiger partial charge is 0.323 e. The van der Waals surface area contributed by atoms with Crippen LogP contribution in [0.2, 0.25) is 0 Å². The Hall–Kier alpha value is -2.70. The van der Waals surface area contributed by atoms with E-state index in [2.05, 4.69) is 5.32 Å². The molecule has 0 saturated carbocycles. The first-order valence-corrected chi connectivity index (χ1v) is 9.58. The molecule has 2 aromatic rings. The highest BCUT2D eigenvalue weighted by Crippen LogP contribution is 2.16. The van der Waals surface area contributed by atoms with E-state index in [0.29, 0.717) is 6.42 Å². The van der Waals surface area contributed by atoms with E-state index in [4.69, 9.17) is 16.2 Å². The summed E-state index contributed by atoms with van der Waals surface area (Å²) < 4.78 is 5.22. The maximum absolute atomic E-state index is 12.4. The van der Waals surface area contributed by atoms with Crippen molar-refractivity contribution in [2.24, 2.45) is 11.5 Å². The van der Waals surface area contributed by atoms with E-state index in [-0.39, 0.29) is 25.0 Å². The number of esters is 1. The summed E-state index contributed by atoms with van der Waals surface area (Å²) in [5.74, 6) is -0.743. The van der Waals surface area contributed by atoms with Gasteiger partial charge < -0.3 is 21.5 Å². The largest absolute Gasteiger partial charge is 0.460 e. The maximum Gasteiger partial charge on any atom is 0.323 e. The molecule has 0 aliphatic heterocycles. The second-order valence-electron chi connectivity index (χ2n) is 6.76. The van der Waals surface area contributed by atoms with Gasteiger partial charge in [-0.2, -0.15) is 0 Å². The van der Waals surface area contributed by atoms with Gasteiger partial charge in [0.2, 0.25) is 5.91 Å². The van der Waals surface area contributed by atoms with Crippen molar-refractivity contribution >= 4 is 11.9 Å². The number of carbonyl (C=O) groups excluding carboxylic acids is 2. The number of amides is 1. The molecule has 0 bridgehead atoms. The molecule has 0 radical (unpaired) electrons. The Bertz CT molecular complexity index is 737. The number of hydrogen-bond donors (Lipinski definition) is 3. The van der Waals surface area contributed by atoms with Crippen molar-refractivity contribution in [2.45, 2.75) is 50.9 Å². The molecule has 5 N–H and O–H groups in total. The van der Waals surface area contributed by atoms with Crippen LogP contribution in [0.5, 0.6) is 0 Å². The van der Waals surface area contributed by atoms with Gasteiger partial charge in [0.25, 0.3) is 0 Å². The van der Waals surface area contributed by atoms with E-state index in [9.17, 15) is 9.59 Å². The highest BCUT2D eigenvalue weighted by Gasteiger charge is 2.21. The molecular weight excluding hydrogens is 354 g/mol. The van der Waals surface area contributed by atoms with E-state index in [1.807, 2.05) is 67.6 Å². The zero-order valence-electron chi connectivity index (χ0n) is 16.2. The molecule has 6 nitrogen and oxygen atoms in total. The Kier molecular flexibility index (Phi) is 8.65. The van der Waals surface area contributed by atoms with Crippen LogP contribution in [0.15, 0.2) is 60.7 Å². The standard InChI is InChI=1S/C22H29N3O3/c1-2-20(17-11-7-4-8-12-17)25-21(26)18(23)13-14-19(24)22(27)28-15-16-9-5-3-6-10-16/h3-12,18-20H,2,13-15,23-24H2,1H3,(H,25,26)/t18-,19+,20?/m1/s1. The SMILES string of the molecule is CCC(NC(=O)[C@H](N)CC[C@H](N)C(=O)OCc1ccccc1)c1ccccc1. The Morgan fingerprint density at radius 3 is 2.11 bits per heavy atom. The third kappa shape index (κ3) is 6.79. The van der Waals surface area contributed by atoms with E-state index >= 15 is 0 Å². The first kappa shape index (κ1) is 21.6. The van der Waals surface area contributed by atoms with E-state index in [1.165, 1.54) is 0 Å². The second-order valence-corrected chi connectivity index (χ2v) is 6.76. The maximum atomic E-state index is 12.4. The van der Waals surface area contributed by atoms with Gasteiger partial charge in [0.05, 0.1) is 12.1 Å². The first-order chi connectivity index (χ1) is 13.5. The molecule has 1 amide bonds. The minimum atomic E-state index is -0.807. The zero-order valence-corrected chi connectivity index (χ0v) is 16.2. The number of nitrogens with two attached hydrogens (primary N) is 2. The molecule has 0 spiro atoms. The third-order valence-electron chi connectivity index (χ3n) is 4.58. The number of ether oxygens (including phenoxy) is 1. The summed E-state index contributed by atoms with van der Waals surface area (Å²) in [6.45, 7) is 2.18. The third-order valence-corrected chi connectivity index (χ3v) is 4.58. The number of rotatable bonds is 10. The molecule has 0 aliphatic rings. The Morgan fingerprint density at radius 2 is 1.50 bits per heavy atom. The minimum absolute atomic E-state index is 0.0933. The van der Waals surface area contributed by atoms with Crippen molar-refractivity contribution in [1.29, 1.82) is 0 Å². The van der Waals surface area contributed by atoms with Crippen LogP contribution in [0.3, 0.4) is 0 Å². The first-order valence-electron chi connectivity index (χ1n) is 9.58. The fraction of sp³-hybridized carbons (Fsp3) is 0.364. The summed E-state index contributed by atoms with van der Waals surface area (Å²) in [6.07, 6.45) is 1.34. The Labute approximate surface area is 166 Å². The van der Waals surface area contributed by atoms with Gasteiger partial charge in [0.1, 0.15) is 12.6 Å². The van der Waals surface area contributed by atoms with Crippen molar-refractivity contribution in [2.75, 3.05) is 0 Å². The molecule has 6 heteroatoms. The van der Waals surface area contributed by atoms with Crippen molar-refractivity contribution in [3.05, 3.63) is 71.8 Å². The van der Waals surface area contributed by atoms with Gasteiger partial charge in [-0.25, -0.2) is 0 Å². The van der Waals surface area contributed by atoms with Crippen LogP contribution < -0.4 is 16.8 Å². The quantitative estimate of drug-likeness (QED) is 0.546. The lowest BCUT2D eigenvalue weighted by Crippen LogP contribution is -2.43. The van der Waals surface area contributed by atoms with Crippen molar-refractivity contribution in [3.8, 4) is 0 Å². The van der Waals surface area contributed by atoms with Crippen LogP contribution in [-0.2, 0) is 20.9 Å². The van der Waals surface area contributed by atoms with E-state index < -0.39 is 18.1 Å². The summed E-state index contributed by atoms with van der Waals surface area (Å²) >= 11 is 0. The van der Waals surface area contributed by atoms with Crippen LogP contribution in [0.25, 0.3) is 0 Å². The van der Waals surface area contributed by atoms with Crippen molar-refractivity contribution in [3.63, 3.8) is 0 Å². The fourth-order valence-electron chi connectivity index (χ4n) is 2.83. The molecule has 2 rings (SSSR count). The number of benzene rings is 2. The second kappa shape index (κ2) is 11.2. The van der Waals surface area contributed by atoms with Crippen LogP contribution in [0, 0.1) is 0 Å². The highest BCUT2D eigenvalue weighted by atomic mass is 16.5. The monoisotopic (exact) mass is 383 g/mol. The van der Waals surface area contributed by atoms with Crippen molar-refractivity contribution < 1.29 is 14.3 Å². The van der Waals surface area contributed by atoms with Gasteiger partial charge in [-0.05, 0) is 30.4 Å². The molecule has 1 unspecified atom stereocenters. The molecule has 3 atom stereocenters. The van der Waals surface area contributed by atoms with Gasteiger partial charge in [-0.3, -0.25) is 9.59 Å². The summed E-state index contributed by atoms with van der Waals surface area (Å²) in [6, 6.07) is 17.5. The van der Waals surface area contributed by atoms with Crippen LogP contribution >= 0.6 is 0 Å². The number of carbonyl (C=O) groups is 2. The lowest BCUT2D eigenvalue weighted by Gasteiger charge is -2.21. The van der Waals surface area contributed by atoms with Gasteiger partial charge >= 0.3 is 5.97 Å². The molecule has 0 fully saturated rings. The molecule has 0 aliphatic carbocycles. The predicted molar refractivity (Wildman–Crippen MR) is 109 cm³/mol. The predicted octanol–water partition coefficient (Wildman–Crippen LogP) is 2.43. The Morgan fingerprint density at radius 1 is 0.929 bits per heavy atom. The average Bonchev–Trinajstić information content (AvgIpc) is 2.74. The molecular formula is C22H29N3O3. The molecule has 0 saturated heterocycles. The lowest BCUT2D eigenvalue weighted by molar-refractivity contribution is -0.146. The van der Waals surface area contributed by atoms with E-state index in [1.54, 1.807) is 0 Å². The highest BCUT2D eigenvalue weighted by molar-refractivity contribution is 5.82. The van der Waals surface area contributed by atoms with Crippen LogP contribution in [-0.4, -0.2) is 24.0 Å². The lowest BCUT2D eigenvalue weighted by atomic mass is 10.0. The minimum Gasteiger partial charge on any atom is -0.460 e. The number of nitrogens with one attached hydrogen (secondary N) is 1. The van der Waals surface area contributed by atoms with Gasteiger partial charge in [0.15, 0.2) is 0 Å². The fourth-order valence-corrected chi connectivity index (χ4v) is 2.83. The summed E-state index contributed by atoms with van der Waals surface area (Å²) in [7, 11) is 0. The molecule has 28 heavy (non-hydrogen) atoms. The topological polar surface area (TPSA) is 107 Å². The van der Waals surface area contributed by atoms with Gasteiger partial charge in [0, 0.05) is 0 Å². The Balaban J connectivity index is 1.76. The molecule has 0 aromatic heterocycles. The van der Waals surface area contributed by atoms with Crippen molar-refractivity contribution in [1.82, 2.24) is 5.32 Å². The summed E-state index contributed by atoms with van der Waals surface area (Å²) in [4.78, 5) is 24.4. The van der Waals surface area contributed by atoms with Crippen LogP contribution in [0.1, 0.15) is 43.4 Å². The van der Waals surface area contributed by atoms with Crippen LogP contribution in [0.4, 0.5) is 0 Å². The number of hydrogen-bond acceptors (Lipinski definition) is 5.